The molecule has 2 rings (SSSR count). The lowest BCUT2D eigenvalue weighted by atomic mass is 10.0. The van der Waals surface area contributed by atoms with Crippen LogP contribution in [0, 0.1) is 5.92 Å². The molecule has 0 aliphatic carbocycles. The van der Waals surface area contributed by atoms with E-state index < -0.39 is 6.04 Å². The lowest BCUT2D eigenvalue weighted by Gasteiger charge is -2.28. The molecule has 0 bridgehead atoms. The van der Waals surface area contributed by atoms with Crippen molar-refractivity contribution in [3.05, 3.63) is 64.7 Å². The highest BCUT2D eigenvalue weighted by molar-refractivity contribution is 6.31. The third kappa shape index (κ3) is 6.97. The normalized spacial score (nSPS) is 13.0. The maximum Gasteiger partial charge on any atom is 0.251 e. The Bertz CT molecular complexity index is 869. The summed E-state index contributed by atoms with van der Waals surface area (Å²) in [5, 5.41) is 6.49. The third-order valence-corrected chi connectivity index (χ3v) is 5.36. The van der Waals surface area contributed by atoms with Gasteiger partial charge in [0.1, 0.15) is 11.8 Å². The number of likely N-dealkylation sites (N-methyl/N-ethyl adjacent to an activating group) is 1. The van der Waals surface area contributed by atoms with Gasteiger partial charge in [0.2, 0.25) is 5.91 Å². The molecule has 168 valence electrons. The largest absolute Gasteiger partial charge is 0.494 e. The maximum absolute atomic E-state index is 12.9. The molecule has 0 radical (unpaired) electrons. The third-order valence-electron chi connectivity index (χ3n) is 5.02. The van der Waals surface area contributed by atoms with Crippen LogP contribution in [0.1, 0.15) is 42.7 Å². The highest BCUT2D eigenvalue weighted by atomic mass is 35.5. The zero-order valence-electron chi connectivity index (χ0n) is 18.8. The average molecular weight is 446 g/mol. The number of hydrogen-bond acceptors (Lipinski definition) is 4. The smallest absolute Gasteiger partial charge is 0.251 e. The van der Waals surface area contributed by atoms with Crippen LogP contribution in [0.15, 0.2) is 48.5 Å². The summed E-state index contributed by atoms with van der Waals surface area (Å²) in [6, 6.07) is 13.7. The van der Waals surface area contributed by atoms with E-state index in [1.165, 1.54) is 0 Å². The van der Waals surface area contributed by atoms with E-state index >= 15 is 0 Å². The zero-order chi connectivity index (χ0) is 23.0. The Labute approximate surface area is 189 Å². The first-order chi connectivity index (χ1) is 14.7. The fourth-order valence-corrected chi connectivity index (χ4v) is 3.51. The minimum absolute atomic E-state index is 0.0789. The standard InChI is InChI=1S/C24H32ClN3O3/c1-6-31-18-13-11-17(12-14-18)23(29)27-22(16(2)3)24(30)26-15-21(28(4)5)19-9-7-8-10-20(19)25/h7-14,16,21-22H,6,15H2,1-5H3,(H,26,30)(H,27,29)/t21-,22+/m0/s1. The van der Waals surface area contributed by atoms with E-state index in [0.717, 1.165) is 5.56 Å². The van der Waals surface area contributed by atoms with Crippen LogP contribution in [0.4, 0.5) is 0 Å². The molecule has 0 saturated heterocycles. The van der Waals surface area contributed by atoms with Crippen LogP contribution in [-0.2, 0) is 4.79 Å². The van der Waals surface area contributed by atoms with Crippen molar-refractivity contribution in [1.82, 2.24) is 15.5 Å². The first-order valence-corrected chi connectivity index (χ1v) is 10.8. The molecule has 7 heteroatoms. The van der Waals surface area contributed by atoms with Gasteiger partial charge >= 0.3 is 0 Å². The number of rotatable bonds is 10. The van der Waals surface area contributed by atoms with E-state index in [1.807, 2.05) is 64.0 Å². The van der Waals surface area contributed by atoms with Crippen LogP contribution in [0.3, 0.4) is 0 Å². The van der Waals surface area contributed by atoms with Crippen LogP contribution in [0.25, 0.3) is 0 Å². The molecule has 2 aromatic rings. The van der Waals surface area contributed by atoms with Crippen molar-refractivity contribution in [1.29, 1.82) is 0 Å². The number of carbonyl (C=O) groups is 2. The summed E-state index contributed by atoms with van der Waals surface area (Å²) in [4.78, 5) is 27.6. The Hall–Kier alpha value is -2.57. The number of benzene rings is 2. The molecule has 2 N–H and O–H groups in total. The topological polar surface area (TPSA) is 70.7 Å². The predicted octanol–water partition coefficient (Wildman–Crippen LogP) is 3.91. The Morgan fingerprint density at radius 3 is 2.26 bits per heavy atom. The lowest BCUT2D eigenvalue weighted by Crippen LogP contribution is -2.51. The molecule has 0 unspecified atom stereocenters. The van der Waals surface area contributed by atoms with Gasteiger partial charge in [0.15, 0.2) is 0 Å². The van der Waals surface area contributed by atoms with Crippen LogP contribution >= 0.6 is 11.6 Å². The first-order valence-electron chi connectivity index (χ1n) is 10.5. The van der Waals surface area contributed by atoms with Gasteiger partial charge in [-0.05, 0) is 62.8 Å². The second-order valence-corrected chi connectivity index (χ2v) is 8.31. The predicted molar refractivity (Wildman–Crippen MR) is 125 cm³/mol. The molecular formula is C24H32ClN3O3. The fraction of sp³-hybridized carbons (Fsp3) is 0.417. The first kappa shape index (κ1) is 24.7. The van der Waals surface area contributed by atoms with Gasteiger partial charge in [-0.3, -0.25) is 9.59 Å². The minimum atomic E-state index is -0.659. The van der Waals surface area contributed by atoms with Crippen molar-refractivity contribution in [3.63, 3.8) is 0 Å². The Morgan fingerprint density at radius 1 is 1.06 bits per heavy atom. The van der Waals surface area contributed by atoms with Crippen molar-refractivity contribution < 1.29 is 14.3 Å². The minimum Gasteiger partial charge on any atom is -0.494 e. The van der Waals surface area contributed by atoms with Crippen LogP contribution in [0.5, 0.6) is 5.75 Å². The van der Waals surface area contributed by atoms with Gasteiger partial charge in [0.05, 0.1) is 12.6 Å². The summed E-state index contributed by atoms with van der Waals surface area (Å²) >= 11 is 6.35. The number of halogens is 1. The van der Waals surface area contributed by atoms with Crippen molar-refractivity contribution in [2.24, 2.45) is 5.92 Å². The Kier molecular flexibility index (Phi) is 9.34. The van der Waals surface area contributed by atoms with E-state index in [9.17, 15) is 9.59 Å². The van der Waals surface area contributed by atoms with Crippen molar-refractivity contribution in [2.75, 3.05) is 27.2 Å². The second-order valence-electron chi connectivity index (χ2n) is 7.90. The average Bonchev–Trinajstić information content (AvgIpc) is 2.73. The summed E-state index contributed by atoms with van der Waals surface area (Å²) in [5.41, 5.74) is 1.41. The molecule has 0 aliphatic rings. The summed E-state index contributed by atoms with van der Waals surface area (Å²) in [5.74, 6) is 0.0941. The van der Waals surface area contributed by atoms with Gasteiger partial charge in [-0.2, -0.15) is 0 Å². The van der Waals surface area contributed by atoms with Gasteiger partial charge in [-0.1, -0.05) is 43.6 Å². The lowest BCUT2D eigenvalue weighted by molar-refractivity contribution is -0.124. The summed E-state index contributed by atoms with van der Waals surface area (Å²) < 4.78 is 5.41. The molecule has 0 saturated carbocycles. The van der Waals surface area contributed by atoms with E-state index in [0.29, 0.717) is 29.5 Å². The van der Waals surface area contributed by atoms with Gasteiger partial charge in [0, 0.05) is 17.1 Å². The highest BCUT2D eigenvalue weighted by Gasteiger charge is 2.26. The molecule has 31 heavy (non-hydrogen) atoms. The molecule has 0 spiro atoms. The second kappa shape index (κ2) is 11.7. The fourth-order valence-electron chi connectivity index (χ4n) is 3.25. The monoisotopic (exact) mass is 445 g/mol. The summed E-state index contributed by atoms with van der Waals surface area (Å²) in [6.07, 6.45) is 0. The molecule has 6 nitrogen and oxygen atoms in total. The van der Waals surface area contributed by atoms with Crippen molar-refractivity contribution >= 4 is 23.4 Å². The van der Waals surface area contributed by atoms with Crippen molar-refractivity contribution in [2.45, 2.75) is 32.9 Å². The molecular weight excluding hydrogens is 414 g/mol. The number of nitrogens with zero attached hydrogens (tertiary/aromatic N) is 1. The molecule has 2 amide bonds. The maximum atomic E-state index is 12.9. The Morgan fingerprint density at radius 2 is 1.71 bits per heavy atom. The number of amides is 2. The van der Waals surface area contributed by atoms with Crippen LogP contribution < -0.4 is 15.4 Å². The highest BCUT2D eigenvalue weighted by Crippen LogP contribution is 2.25. The van der Waals surface area contributed by atoms with Gasteiger partial charge in [-0.15, -0.1) is 0 Å². The van der Waals surface area contributed by atoms with E-state index in [-0.39, 0.29) is 23.8 Å². The van der Waals surface area contributed by atoms with Crippen molar-refractivity contribution in [3.8, 4) is 5.75 Å². The van der Waals surface area contributed by atoms with Crippen LogP contribution in [-0.4, -0.2) is 50.0 Å². The van der Waals surface area contributed by atoms with Gasteiger partial charge in [0.25, 0.3) is 5.91 Å². The van der Waals surface area contributed by atoms with Gasteiger partial charge < -0.3 is 20.3 Å². The van der Waals surface area contributed by atoms with E-state index in [1.54, 1.807) is 24.3 Å². The molecule has 2 atom stereocenters. The number of nitrogens with one attached hydrogen (secondary N) is 2. The quantitative estimate of drug-likeness (QED) is 0.581. The number of carbonyl (C=O) groups excluding carboxylic acids is 2. The SMILES string of the molecule is CCOc1ccc(C(=O)N[C@@H](C(=O)NC[C@@H](c2ccccc2Cl)N(C)C)C(C)C)cc1. The molecule has 2 aromatic carbocycles. The Balaban J connectivity index is 2.05. The molecule has 0 aromatic heterocycles. The summed E-state index contributed by atoms with van der Waals surface area (Å²) in [6.45, 7) is 6.64. The molecule has 0 heterocycles. The van der Waals surface area contributed by atoms with E-state index in [4.69, 9.17) is 16.3 Å². The van der Waals surface area contributed by atoms with Crippen LogP contribution in [0.2, 0.25) is 5.02 Å². The number of ether oxygens (including phenoxy) is 1. The molecule has 0 aliphatic heterocycles. The molecule has 0 fully saturated rings. The zero-order valence-corrected chi connectivity index (χ0v) is 19.6. The number of hydrogen-bond donors (Lipinski definition) is 2. The van der Waals surface area contributed by atoms with Gasteiger partial charge in [-0.25, -0.2) is 0 Å². The van der Waals surface area contributed by atoms with E-state index in [2.05, 4.69) is 10.6 Å². The summed E-state index contributed by atoms with van der Waals surface area (Å²) in [7, 11) is 3.88.